The highest BCUT2D eigenvalue weighted by Gasteiger charge is 2.24. The predicted molar refractivity (Wildman–Crippen MR) is 81.3 cm³/mol. The Morgan fingerprint density at radius 2 is 2.14 bits per heavy atom. The Kier molecular flexibility index (Phi) is 5.44. The van der Waals surface area contributed by atoms with Gasteiger partial charge in [0.15, 0.2) is 0 Å². The van der Waals surface area contributed by atoms with Gasteiger partial charge in [0.2, 0.25) is 0 Å². The standard InChI is InChI=1S/C16H22N2O3/c1-13(19)12-15-7-4-5-10-17(15)11-9-14-6-2-3-8-16(14)18(20)21/h2-3,6,8,15H,4-5,7,9-12H2,1H3. The van der Waals surface area contributed by atoms with Gasteiger partial charge in [-0.1, -0.05) is 24.6 Å². The van der Waals surface area contributed by atoms with Gasteiger partial charge in [0, 0.05) is 30.6 Å². The van der Waals surface area contributed by atoms with E-state index in [0.717, 1.165) is 31.5 Å². The van der Waals surface area contributed by atoms with E-state index in [1.165, 1.54) is 6.42 Å². The Morgan fingerprint density at radius 3 is 2.86 bits per heavy atom. The lowest BCUT2D eigenvalue weighted by Gasteiger charge is -2.35. The molecule has 1 saturated heterocycles. The van der Waals surface area contributed by atoms with Crippen LogP contribution in [-0.2, 0) is 11.2 Å². The van der Waals surface area contributed by atoms with Crippen molar-refractivity contribution in [2.75, 3.05) is 13.1 Å². The number of carbonyl (C=O) groups excluding carboxylic acids is 1. The number of hydrogen-bond donors (Lipinski definition) is 0. The van der Waals surface area contributed by atoms with Crippen LogP contribution in [0.1, 0.15) is 38.2 Å². The van der Waals surface area contributed by atoms with Crippen molar-refractivity contribution in [3.05, 3.63) is 39.9 Å². The summed E-state index contributed by atoms with van der Waals surface area (Å²) >= 11 is 0. The zero-order valence-electron chi connectivity index (χ0n) is 12.5. The van der Waals surface area contributed by atoms with Gasteiger partial charge in [-0.3, -0.25) is 19.8 Å². The zero-order chi connectivity index (χ0) is 15.2. The van der Waals surface area contributed by atoms with Crippen molar-refractivity contribution in [1.29, 1.82) is 0 Å². The van der Waals surface area contributed by atoms with Crippen LogP contribution in [0, 0.1) is 10.1 Å². The Morgan fingerprint density at radius 1 is 1.38 bits per heavy atom. The summed E-state index contributed by atoms with van der Waals surface area (Å²) in [7, 11) is 0. The van der Waals surface area contributed by atoms with Crippen molar-refractivity contribution in [3.63, 3.8) is 0 Å². The third-order valence-electron chi connectivity index (χ3n) is 4.13. The van der Waals surface area contributed by atoms with Gasteiger partial charge in [-0.05, 0) is 32.7 Å². The van der Waals surface area contributed by atoms with Gasteiger partial charge in [0.25, 0.3) is 5.69 Å². The van der Waals surface area contributed by atoms with Crippen molar-refractivity contribution < 1.29 is 9.72 Å². The van der Waals surface area contributed by atoms with Gasteiger partial charge in [-0.2, -0.15) is 0 Å². The molecule has 5 nitrogen and oxygen atoms in total. The molecule has 1 aromatic rings. The molecule has 114 valence electrons. The van der Waals surface area contributed by atoms with Crippen LogP contribution in [0.5, 0.6) is 0 Å². The topological polar surface area (TPSA) is 63.5 Å². The van der Waals surface area contributed by atoms with Gasteiger partial charge in [0.1, 0.15) is 5.78 Å². The van der Waals surface area contributed by atoms with E-state index < -0.39 is 0 Å². The van der Waals surface area contributed by atoms with Crippen LogP contribution >= 0.6 is 0 Å². The Labute approximate surface area is 125 Å². The first-order valence-electron chi connectivity index (χ1n) is 7.53. The number of benzene rings is 1. The van der Waals surface area contributed by atoms with E-state index >= 15 is 0 Å². The second kappa shape index (κ2) is 7.31. The minimum absolute atomic E-state index is 0.192. The quantitative estimate of drug-likeness (QED) is 0.597. The summed E-state index contributed by atoms with van der Waals surface area (Å²) in [6.07, 6.45) is 4.62. The highest BCUT2D eigenvalue weighted by Crippen LogP contribution is 2.23. The molecule has 0 spiro atoms. The Bertz CT molecular complexity index is 516. The molecule has 5 heteroatoms. The largest absolute Gasteiger partial charge is 0.300 e. The molecule has 1 aliphatic rings. The number of likely N-dealkylation sites (tertiary alicyclic amines) is 1. The van der Waals surface area contributed by atoms with Crippen molar-refractivity contribution >= 4 is 11.5 Å². The molecule has 0 saturated carbocycles. The van der Waals surface area contributed by atoms with E-state index in [0.29, 0.717) is 18.9 Å². The molecule has 0 amide bonds. The number of Topliss-reactive ketones (excluding diaryl/α,β-unsaturated/α-hetero) is 1. The van der Waals surface area contributed by atoms with Crippen LogP contribution in [0.2, 0.25) is 0 Å². The molecular weight excluding hydrogens is 268 g/mol. The Hall–Kier alpha value is -1.75. The third-order valence-corrected chi connectivity index (χ3v) is 4.13. The summed E-state index contributed by atoms with van der Waals surface area (Å²) < 4.78 is 0. The van der Waals surface area contributed by atoms with E-state index in [9.17, 15) is 14.9 Å². The molecule has 0 radical (unpaired) electrons. The molecule has 1 aliphatic heterocycles. The average molecular weight is 290 g/mol. The van der Waals surface area contributed by atoms with E-state index in [2.05, 4.69) is 4.90 Å². The van der Waals surface area contributed by atoms with Crippen molar-refractivity contribution in [1.82, 2.24) is 4.90 Å². The van der Waals surface area contributed by atoms with Crippen LogP contribution in [0.25, 0.3) is 0 Å². The number of hydrogen-bond acceptors (Lipinski definition) is 4. The first-order valence-corrected chi connectivity index (χ1v) is 7.53. The molecule has 0 bridgehead atoms. The number of nitrogens with zero attached hydrogens (tertiary/aromatic N) is 2. The van der Waals surface area contributed by atoms with E-state index in [1.54, 1.807) is 19.1 Å². The highest BCUT2D eigenvalue weighted by molar-refractivity contribution is 5.76. The van der Waals surface area contributed by atoms with Crippen LogP contribution in [0.3, 0.4) is 0 Å². The summed E-state index contributed by atoms with van der Waals surface area (Å²) in [6.45, 7) is 3.40. The summed E-state index contributed by atoms with van der Waals surface area (Å²) in [4.78, 5) is 24.4. The summed E-state index contributed by atoms with van der Waals surface area (Å²) in [5, 5.41) is 11.0. The maximum absolute atomic E-state index is 11.4. The lowest BCUT2D eigenvalue weighted by molar-refractivity contribution is -0.385. The van der Waals surface area contributed by atoms with Gasteiger partial charge >= 0.3 is 0 Å². The first-order chi connectivity index (χ1) is 10.1. The number of nitro benzene ring substituents is 1. The molecular formula is C16H22N2O3. The van der Waals surface area contributed by atoms with Crippen molar-refractivity contribution in [2.45, 2.75) is 45.1 Å². The SMILES string of the molecule is CC(=O)CC1CCCCN1CCc1ccccc1[N+](=O)[O-]. The predicted octanol–water partition coefficient (Wildman–Crippen LogP) is 2.97. The fourth-order valence-electron chi connectivity index (χ4n) is 3.08. The van der Waals surface area contributed by atoms with Crippen LogP contribution in [0.4, 0.5) is 5.69 Å². The van der Waals surface area contributed by atoms with Gasteiger partial charge in [0.05, 0.1) is 4.92 Å². The van der Waals surface area contributed by atoms with E-state index in [-0.39, 0.29) is 16.4 Å². The smallest absolute Gasteiger partial charge is 0.272 e. The molecule has 1 heterocycles. The zero-order valence-corrected chi connectivity index (χ0v) is 12.5. The lowest BCUT2D eigenvalue weighted by atomic mass is 9.97. The lowest BCUT2D eigenvalue weighted by Crippen LogP contribution is -2.41. The van der Waals surface area contributed by atoms with Gasteiger partial charge < -0.3 is 0 Å². The third kappa shape index (κ3) is 4.36. The van der Waals surface area contributed by atoms with Crippen molar-refractivity contribution in [2.24, 2.45) is 0 Å². The van der Waals surface area contributed by atoms with Crippen LogP contribution in [0.15, 0.2) is 24.3 Å². The summed E-state index contributed by atoms with van der Waals surface area (Å²) in [5.74, 6) is 0.220. The number of rotatable bonds is 6. The maximum Gasteiger partial charge on any atom is 0.272 e. The fraction of sp³-hybridized carbons (Fsp3) is 0.562. The number of nitro groups is 1. The maximum atomic E-state index is 11.4. The number of piperidine rings is 1. The molecule has 0 aromatic heterocycles. The second-order valence-electron chi connectivity index (χ2n) is 5.73. The van der Waals surface area contributed by atoms with Gasteiger partial charge in [-0.25, -0.2) is 0 Å². The van der Waals surface area contributed by atoms with Gasteiger partial charge in [-0.15, -0.1) is 0 Å². The molecule has 1 aromatic carbocycles. The monoisotopic (exact) mass is 290 g/mol. The molecule has 1 atom stereocenters. The minimum atomic E-state index is -0.321. The number of carbonyl (C=O) groups is 1. The molecule has 1 fully saturated rings. The fourth-order valence-corrected chi connectivity index (χ4v) is 3.08. The molecule has 0 aliphatic carbocycles. The molecule has 21 heavy (non-hydrogen) atoms. The van der Waals surface area contributed by atoms with Crippen LogP contribution in [-0.4, -0.2) is 34.7 Å². The summed E-state index contributed by atoms with van der Waals surface area (Å²) in [5.41, 5.74) is 0.965. The minimum Gasteiger partial charge on any atom is -0.300 e. The first kappa shape index (κ1) is 15.6. The van der Waals surface area contributed by atoms with E-state index in [1.807, 2.05) is 12.1 Å². The normalized spacial score (nSPS) is 19.4. The number of para-hydroxylation sites is 1. The second-order valence-corrected chi connectivity index (χ2v) is 5.73. The molecule has 2 rings (SSSR count). The van der Waals surface area contributed by atoms with Crippen molar-refractivity contribution in [3.8, 4) is 0 Å². The molecule has 1 unspecified atom stereocenters. The highest BCUT2D eigenvalue weighted by atomic mass is 16.6. The summed E-state index contributed by atoms with van der Waals surface area (Å²) in [6, 6.07) is 7.21. The van der Waals surface area contributed by atoms with E-state index in [4.69, 9.17) is 0 Å². The average Bonchev–Trinajstić information content (AvgIpc) is 2.46. The number of ketones is 1. The van der Waals surface area contributed by atoms with Crippen LogP contribution < -0.4 is 0 Å². The Balaban J connectivity index is 2.00. The molecule has 0 N–H and O–H groups in total.